The SMILES string of the molecule is CC1CN(C(=O)c2ccc(Oc3ccccc3)cc2)CCO1. The van der Waals surface area contributed by atoms with Gasteiger partial charge in [-0.25, -0.2) is 0 Å². The van der Waals surface area contributed by atoms with Crippen LogP contribution < -0.4 is 4.74 Å². The molecule has 0 saturated carbocycles. The van der Waals surface area contributed by atoms with E-state index < -0.39 is 0 Å². The van der Waals surface area contributed by atoms with Crippen LogP contribution in [0.1, 0.15) is 17.3 Å². The standard InChI is InChI=1S/C18H19NO3/c1-14-13-19(11-12-21-14)18(20)15-7-9-17(10-8-15)22-16-5-3-2-4-6-16/h2-10,14H,11-13H2,1H3. The van der Waals surface area contributed by atoms with E-state index in [9.17, 15) is 4.79 Å². The largest absolute Gasteiger partial charge is 0.457 e. The summed E-state index contributed by atoms with van der Waals surface area (Å²) < 4.78 is 11.2. The van der Waals surface area contributed by atoms with Crippen molar-refractivity contribution in [2.45, 2.75) is 13.0 Å². The zero-order valence-electron chi connectivity index (χ0n) is 12.6. The fourth-order valence-corrected chi connectivity index (χ4v) is 2.48. The molecule has 1 saturated heterocycles. The molecule has 0 radical (unpaired) electrons. The molecule has 4 heteroatoms. The van der Waals surface area contributed by atoms with Crippen LogP contribution in [-0.2, 0) is 4.74 Å². The van der Waals surface area contributed by atoms with Gasteiger partial charge in [-0.15, -0.1) is 0 Å². The number of nitrogens with zero attached hydrogens (tertiary/aromatic N) is 1. The van der Waals surface area contributed by atoms with E-state index in [1.807, 2.05) is 54.3 Å². The molecule has 1 heterocycles. The third-order valence-corrected chi connectivity index (χ3v) is 3.61. The Balaban J connectivity index is 1.67. The topological polar surface area (TPSA) is 38.8 Å². The van der Waals surface area contributed by atoms with E-state index in [0.717, 1.165) is 11.5 Å². The van der Waals surface area contributed by atoms with Crippen LogP contribution in [0.5, 0.6) is 11.5 Å². The Kier molecular flexibility index (Phi) is 4.39. The van der Waals surface area contributed by atoms with E-state index in [4.69, 9.17) is 9.47 Å². The molecule has 114 valence electrons. The van der Waals surface area contributed by atoms with E-state index in [1.165, 1.54) is 0 Å². The Morgan fingerprint density at radius 3 is 2.45 bits per heavy atom. The Bertz CT molecular complexity index is 625. The summed E-state index contributed by atoms with van der Waals surface area (Å²) in [7, 11) is 0. The van der Waals surface area contributed by atoms with Crippen LogP contribution in [-0.4, -0.2) is 36.6 Å². The number of hydrogen-bond donors (Lipinski definition) is 0. The number of morpholine rings is 1. The third kappa shape index (κ3) is 3.46. The number of amides is 1. The average molecular weight is 297 g/mol. The van der Waals surface area contributed by atoms with Crippen LogP contribution in [0.25, 0.3) is 0 Å². The van der Waals surface area contributed by atoms with E-state index in [1.54, 1.807) is 12.1 Å². The fourth-order valence-electron chi connectivity index (χ4n) is 2.48. The maximum Gasteiger partial charge on any atom is 0.254 e. The molecule has 3 rings (SSSR count). The molecule has 1 fully saturated rings. The van der Waals surface area contributed by atoms with Gasteiger partial charge in [-0.1, -0.05) is 18.2 Å². The maximum atomic E-state index is 12.4. The quantitative estimate of drug-likeness (QED) is 0.872. The highest BCUT2D eigenvalue weighted by Crippen LogP contribution is 2.21. The summed E-state index contributed by atoms with van der Waals surface area (Å²) in [6.45, 7) is 3.87. The van der Waals surface area contributed by atoms with Gasteiger partial charge in [0.05, 0.1) is 12.7 Å². The maximum absolute atomic E-state index is 12.4. The normalized spacial score (nSPS) is 18.0. The lowest BCUT2D eigenvalue weighted by Crippen LogP contribution is -2.44. The predicted molar refractivity (Wildman–Crippen MR) is 84.3 cm³/mol. The van der Waals surface area contributed by atoms with Gasteiger partial charge in [-0.2, -0.15) is 0 Å². The smallest absolute Gasteiger partial charge is 0.254 e. The molecule has 1 aliphatic heterocycles. The summed E-state index contributed by atoms with van der Waals surface area (Å²) in [5.41, 5.74) is 0.675. The second-order valence-electron chi connectivity index (χ2n) is 5.37. The van der Waals surface area contributed by atoms with Crippen molar-refractivity contribution in [2.24, 2.45) is 0 Å². The highest BCUT2D eigenvalue weighted by atomic mass is 16.5. The van der Waals surface area contributed by atoms with Gasteiger partial charge in [-0.3, -0.25) is 4.79 Å². The van der Waals surface area contributed by atoms with E-state index in [2.05, 4.69) is 0 Å². The number of benzene rings is 2. The van der Waals surface area contributed by atoms with E-state index in [-0.39, 0.29) is 12.0 Å². The highest BCUT2D eigenvalue weighted by Gasteiger charge is 2.22. The van der Waals surface area contributed by atoms with Gasteiger partial charge >= 0.3 is 0 Å². The Labute approximate surface area is 130 Å². The molecule has 22 heavy (non-hydrogen) atoms. The summed E-state index contributed by atoms with van der Waals surface area (Å²) in [5.74, 6) is 1.54. The molecule has 2 aromatic rings. The van der Waals surface area contributed by atoms with Crippen molar-refractivity contribution in [2.75, 3.05) is 19.7 Å². The average Bonchev–Trinajstić information content (AvgIpc) is 2.56. The molecule has 4 nitrogen and oxygen atoms in total. The first-order chi connectivity index (χ1) is 10.7. The third-order valence-electron chi connectivity index (χ3n) is 3.61. The van der Waals surface area contributed by atoms with Crippen molar-refractivity contribution >= 4 is 5.91 Å². The summed E-state index contributed by atoms with van der Waals surface area (Å²) >= 11 is 0. The van der Waals surface area contributed by atoms with Crippen LogP contribution in [0, 0.1) is 0 Å². The Morgan fingerprint density at radius 2 is 1.77 bits per heavy atom. The molecule has 1 atom stereocenters. The Hall–Kier alpha value is -2.33. The number of rotatable bonds is 3. The zero-order valence-corrected chi connectivity index (χ0v) is 12.6. The molecular formula is C18H19NO3. The molecule has 0 bridgehead atoms. The molecule has 0 spiro atoms. The van der Waals surface area contributed by atoms with Crippen LogP contribution in [0.2, 0.25) is 0 Å². The van der Waals surface area contributed by atoms with E-state index >= 15 is 0 Å². The van der Waals surface area contributed by atoms with E-state index in [0.29, 0.717) is 25.3 Å². The van der Waals surface area contributed by atoms with Crippen LogP contribution in [0.3, 0.4) is 0 Å². The molecule has 2 aromatic carbocycles. The van der Waals surface area contributed by atoms with Crippen molar-refractivity contribution in [1.29, 1.82) is 0 Å². The molecule has 1 amide bonds. The van der Waals surface area contributed by atoms with Gasteiger partial charge in [0.25, 0.3) is 5.91 Å². The Morgan fingerprint density at radius 1 is 1.09 bits per heavy atom. The molecule has 1 unspecified atom stereocenters. The van der Waals surface area contributed by atoms with Crippen molar-refractivity contribution < 1.29 is 14.3 Å². The van der Waals surface area contributed by atoms with Crippen LogP contribution in [0.15, 0.2) is 54.6 Å². The van der Waals surface area contributed by atoms with Gasteiger partial charge < -0.3 is 14.4 Å². The second-order valence-corrected chi connectivity index (χ2v) is 5.37. The van der Waals surface area contributed by atoms with Crippen LogP contribution >= 0.6 is 0 Å². The second kappa shape index (κ2) is 6.62. The first-order valence-corrected chi connectivity index (χ1v) is 7.46. The minimum Gasteiger partial charge on any atom is -0.457 e. The summed E-state index contributed by atoms with van der Waals surface area (Å²) in [6.07, 6.45) is 0.0957. The van der Waals surface area contributed by atoms with Gasteiger partial charge in [0.1, 0.15) is 11.5 Å². The zero-order chi connectivity index (χ0) is 15.4. The van der Waals surface area contributed by atoms with Crippen molar-refractivity contribution in [3.05, 3.63) is 60.2 Å². The number of ether oxygens (including phenoxy) is 2. The highest BCUT2D eigenvalue weighted by molar-refractivity contribution is 5.94. The monoisotopic (exact) mass is 297 g/mol. The predicted octanol–water partition coefficient (Wildman–Crippen LogP) is 3.34. The minimum atomic E-state index is 0.0430. The molecular weight excluding hydrogens is 278 g/mol. The lowest BCUT2D eigenvalue weighted by molar-refractivity contribution is -0.0124. The molecule has 0 aromatic heterocycles. The molecule has 1 aliphatic rings. The number of para-hydroxylation sites is 1. The lowest BCUT2D eigenvalue weighted by atomic mass is 10.1. The number of hydrogen-bond acceptors (Lipinski definition) is 3. The minimum absolute atomic E-state index is 0.0430. The summed E-state index contributed by atoms with van der Waals surface area (Å²) in [4.78, 5) is 14.3. The lowest BCUT2D eigenvalue weighted by Gasteiger charge is -2.31. The van der Waals surface area contributed by atoms with Crippen molar-refractivity contribution in [1.82, 2.24) is 4.90 Å². The van der Waals surface area contributed by atoms with Crippen LogP contribution in [0.4, 0.5) is 0 Å². The van der Waals surface area contributed by atoms with Gasteiger partial charge in [0, 0.05) is 18.7 Å². The van der Waals surface area contributed by atoms with Gasteiger partial charge in [0.2, 0.25) is 0 Å². The number of carbonyl (C=O) groups is 1. The first-order valence-electron chi connectivity index (χ1n) is 7.46. The first kappa shape index (κ1) is 14.6. The van der Waals surface area contributed by atoms with Gasteiger partial charge in [0.15, 0.2) is 0 Å². The van der Waals surface area contributed by atoms with Crippen molar-refractivity contribution in [3.8, 4) is 11.5 Å². The van der Waals surface area contributed by atoms with Gasteiger partial charge in [-0.05, 0) is 43.3 Å². The van der Waals surface area contributed by atoms with Crippen molar-refractivity contribution in [3.63, 3.8) is 0 Å². The fraction of sp³-hybridized carbons (Fsp3) is 0.278. The summed E-state index contributed by atoms with van der Waals surface area (Å²) in [6, 6.07) is 16.8. The number of carbonyl (C=O) groups excluding carboxylic acids is 1. The summed E-state index contributed by atoms with van der Waals surface area (Å²) in [5, 5.41) is 0. The molecule has 0 N–H and O–H groups in total. The molecule has 0 aliphatic carbocycles.